The van der Waals surface area contributed by atoms with E-state index in [1.54, 1.807) is 0 Å². The lowest BCUT2D eigenvalue weighted by Gasteiger charge is -2.33. The van der Waals surface area contributed by atoms with Crippen molar-refractivity contribution in [1.29, 1.82) is 0 Å². The SMILES string of the molecule is O=C1NC(=O)N([C@H]2C[C@H](O)[C@@H](COP(=O)(O)O)O2)CC1I. The number of hydrogen-bond acceptors (Lipinski definition) is 6. The van der Waals surface area contributed by atoms with Crippen molar-refractivity contribution in [3.8, 4) is 0 Å². The van der Waals surface area contributed by atoms with E-state index in [-0.39, 0.29) is 13.0 Å². The Balaban J connectivity index is 1.95. The molecule has 2 saturated heterocycles. The number of aliphatic hydroxyl groups is 1. The topological polar surface area (TPSA) is 146 Å². The number of ether oxygens (including phenoxy) is 1. The highest BCUT2D eigenvalue weighted by molar-refractivity contribution is 14.1. The molecule has 0 bridgehead atoms. The lowest BCUT2D eigenvalue weighted by molar-refractivity contribution is -0.122. The largest absolute Gasteiger partial charge is 0.469 e. The van der Waals surface area contributed by atoms with E-state index in [9.17, 15) is 19.3 Å². The first-order valence-corrected chi connectivity index (χ1v) is 8.74. The van der Waals surface area contributed by atoms with Crippen LogP contribution in [-0.4, -0.2) is 67.2 Å². The summed E-state index contributed by atoms with van der Waals surface area (Å²) in [4.78, 5) is 41.6. The molecule has 1 unspecified atom stereocenters. The zero-order valence-corrected chi connectivity index (χ0v) is 13.6. The summed E-state index contributed by atoms with van der Waals surface area (Å²) in [6, 6.07) is -0.623. The normalized spacial score (nSPS) is 34.2. The average molecular weight is 436 g/mol. The molecule has 12 heteroatoms. The number of phosphoric ester groups is 1. The van der Waals surface area contributed by atoms with Gasteiger partial charge in [-0.25, -0.2) is 9.36 Å². The highest BCUT2D eigenvalue weighted by Gasteiger charge is 2.43. The Labute approximate surface area is 133 Å². The predicted octanol–water partition coefficient (Wildman–Crippen LogP) is -1.07. The molecule has 4 atom stereocenters. The molecule has 2 aliphatic rings. The number of carbonyl (C=O) groups is 2. The van der Waals surface area contributed by atoms with Crippen molar-refractivity contribution in [2.75, 3.05) is 13.2 Å². The van der Waals surface area contributed by atoms with E-state index in [1.165, 1.54) is 4.90 Å². The van der Waals surface area contributed by atoms with Crippen LogP contribution in [0.15, 0.2) is 0 Å². The highest BCUT2D eigenvalue weighted by Crippen LogP contribution is 2.37. The second kappa shape index (κ2) is 6.44. The first-order valence-electron chi connectivity index (χ1n) is 5.96. The number of phosphoric acid groups is 1. The zero-order chi connectivity index (χ0) is 15.8. The standard InChI is InChI=1S/C9H14IN2O8P/c10-4-2-12(9(15)11-8(4)14)7-1-5(13)6(20-7)3-19-21(16,17)18/h4-7,13H,1-3H2,(H,11,14,15)(H2,16,17,18)/t4?,5-,6+,7+/m0/s1. The Kier molecular flexibility index (Phi) is 5.23. The van der Waals surface area contributed by atoms with Crippen LogP contribution in [-0.2, 0) is 18.6 Å². The molecule has 2 aliphatic heterocycles. The number of halogens is 1. The fourth-order valence-electron chi connectivity index (χ4n) is 2.07. The van der Waals surface area contributed by atoms with E-state index in [0.717, 1.165) is 0 Å². The van der Waals surface area contributed by atoms with Gasteiger partial charge in [-0.2, -0.15) is 0 Å². The molecule has 0 aliphatic carbocycles. The molecule has 0 aromatic heterocycles. The lowest BCUT2D eigenvalue weighted by atomic mass is 10.2. The van der Waals surface area contributed by atoms with Crippen molar-refractivity contribution in [3.05, 3.63) is 0 Å². The number of alkyl halides is 1. The van der Waals surface area contributed by atoms with Gasteiger partial charge in [-0.15, -0.1) is 0 Å². The maximum atomic E-state index is 11.7. The Morgan fingerprint density at radius 1 is 1.48 bits per heavy atom. The number of aliphatic hydroxyl groups excluding tert-OH is 1. The van der Waals surface area contributed by atoms with Gasteiger partial charge in [0.1, 0.15) is 16.3 Å². The van der Waals surface area contributed by atoms with Gasteiger partial charge in [0.25, 0.3) is 0 Å². The number of imide groups is 1. The third-order valence-corrected chi connectivity index (χ3v) is 4.54. The van der Waals surface area contributed by atoms with Crippen LogP contribution in [0.25, 0.3) is 0 Å². The molecule has 0 aromatic carbocycles. The maximum absolute atomic E-state index is 11.7. The summed E-state index contributed by atoms with van der Waals surface area (Å²) in [6.45, 7) is -0.362. The van der Waals surface area contributed by atoms with Crippen molar-refractivity contribution < 1.29 is 38.3 Å². The summed E-state index contributed by atoms with van der Waals surface area (Å²) >= 11 is 1.88. The Hall–Kier alpha value is -0.300. The third kappa shape index (κ3) is 4.34. The van der Waals surface area contributed by atoms with Gasteiger partial charge >= 0.3 is 13.9 Å². The monoisotopic (exact) mass is 436 g/mol. The van der Waals surface area contributed by atoms with E-state index in [0.29, 0.717) is 0 Å². The van der Waals surface area contributed by atoms with Gasteiger partial charge < -0.3 is 19.6 Å². The Bertz CT molecular complexity index is 484. The molecule has 2 heterocycles. The summed E-state index contributed by atoms with van der Waals surface area (Å²) < 4.78 is 19.9. The van der Waals surface area contributed by atoms with Crippen LogP contribution in [0.4, 0.5) is 4.79 Å². The van der Waals surface area contributed by atoms with Gasteiger partial charge in [0.05, 0.1) is 12.7 Å². The molecule has 3 amide bonds. The van der Waals surface area contributed by atoms with Crippen LogP contribution in [0.1, 0.15) is 6.42 Å². The first-order chi connectivity index (χ1) is 9.67. The van der Waals surface area contributed by atoms with Gasteiger partial charge in [-0.1, -0.05) is 22.6 Å². The number of nitrogens with one attached hydrogen (secondary N) is 1. The average Bonchev–Trinajstić information content (AvgIpc) is 2.72. The molecule has 0 saturated carbocycles. The fourth-order valence-corrected chi connectivity index (χ4v) is 2.99. The van der Waals surface area contributed by atoms with Crippen LogP contribution in [0.2, 0.25) is 0 Å². The quantitative estimate of drug-likeness (QED) is 0.248. The number of hydrogen-bond donors (Lipinski definition) is 4. The van der Waals surface area contributed by atoms with E-state index in [4.69, 9.17) is 14.5 Å². The number of urea groups is 1. The molecule has 2 rings (SSSR count). The number of carbonyl (C=O) groups excluding carboxylic acids is 2. The summed E-state index contributed by atoms with van der Waals surface area (Å²) in [5.74, 6) is -0.392. The Morgan fingerprint density at radius 2 is 2.14 bits per heavy atom. The van der Waals surface area contributed by atoms with E-state index >= 15 is 0 Å². The van der Waals surface area contributed by atoms with Crippen LogP contribution in [0.3, 0.4) is 0 Å². The number of rotatable bonds is 4. The number of amides is 3. The van der Waals surface area contributed by atoms with Crippen molar-refractivity contribution in [2.24, 2.45) is 0 Å². The minimum atomic E-state index is -4.66. The van der Waals surface area contributed by atoms with Crippen molar-refractivity contribution in [1.82, 2.24) is 10.2 Å². The molecule has 2 fully saturated rings. The molecule has 4 N–H and O–H groups in total. The zero-order valence-electron chi connectivity index (χ0n) is 10.6. The van der Waals surface area contributed by atoms with Crippen LogP contribution < -0.4 is 5.32 Å². The second-order valence-electron chi connectivity index (χ2n) is 4.63. The van der Waals surface area contributed by atoms with E-state index < -0.39 is 48.7 Å². The summed E-state index contributed by atoms with van der Waals surface area (Å²) in [5.41, 5.74) is 0. The van der Waals surface area contributed by atoms with Gasteiger partial charge in [0.2, 0.25) is 5.91 Å². The van der Waals surface area contributed by atoms with Crippen molar-refractivity contribution in [2.45, 2.75) is 28.8 Å². The molecular weight excluding hydrogens is 422 g/mol. The molecule has 0 spiro atoms. The van der Waals surface area contributed by atoms with Crippen molar-refractivity contribution in [3.63, 3.8) is 0 Å². The minimum absolute atomic E-state index is 0.0696. The molecule has 0 aromatic rings. The van der Waals surface area contributed by atoms with Crippen LogP contribution in [0, 0.1) is 0 Å². The summed E-state index contributed by atoms with van der Waals surface area (Å²) in [5, 5.41) is 12.0. The van der Waals surface area contributed by atoms with E-state index in [2.05, 4.69) is 9.84 Å². The minimum Gasteiger partial charge on any atom is -0.390 e. The highest BCUT2D eigenvalue weighted by atomic mass is 127. The second-order valence-corrected chi connectivity index (χ2v) is 7.38. The third-order valence-electron chi connectivity index (χ3n) is 3.09. The fraction of sp³-hybridized carbons (Fsp3) is 0.778. The van der Waals surface area contributed by atoms with Crippen LogP contribution in [0.5, 0.6) is 0 Å². The van der Waals surface area contributed by atoms with Crippen LogP contribution >= 0.6 is 30.4 Å². The van der Waals surface area contributed by atoms with Gasteiger partial charge in [0, 0.05) is 13.0 Å². The predicted molar refractivity (Wildman–Crippen MR) is 75.3 cm³/mol. The Morgan fingerprint density at radius 3 is 2.76 bits per heavy atom. The van der Waals surface area contributed by atoms with E-state index in [1.807, 2.05) is 22.6 Å². The molecule has 0 radical (unpaired) electrons. The summed E-state index contributed by atoms with van der Waals surface area (Å²) in [7, 11) is -4.66. The molecule has 21 heavy (non-hydrogen) atoms. The molecule has 10 nitrogen and oxygen atoms in total. The first kappa shape index (κ1) is 17.1. The number of nitrogens with zero attached hydrogens (tertiary/aromatic N) is 1. The lowest BCUT2D eigenvalue weighted by Crippen LogP contribution is -2.58. The molecular formula is C9H14IN2O8P. The smallest absolute Gasteiger partial charge is 0.390 e. The van der Waals surface area contributed by atoms with Gasteiger partial charge in [0.15, 0.2) is 0 Å². The van der Waals surface area contributed by atoms with Gasteiger partial charge in [-0.05, 0) is 0 Å². The van der Waals surface area contributed by atoms with Gasteiger partial charge in [-0.3, -0.25) is 19.5 Å². The molecule has 120 valence electrons. The maximum Gasteiger partial charge on any atom is 0.469 e. The summed E-state index contributed by atoms with van der Waals surface area (Å²) in [6.07, 6.45) is -2.70. The van der Waals surface area contributed by atoms with Crippen molar-refractivity contribution >= 4 is 42.4 Å².